The summed E-state index contributed by atoms with van der Waals surface area (Å²) in [6.45, 7) is 9.66. The van der Waals surface area contributed by atoms with Crippen LogP contribution in [0.1, 0.15) is 61.8 Å². The highest BCUT2D eigenvalue weighted by molar-refractivity contribution is 6.31. The van der Waals surface area contributed by atoms with Crippen LogP contribution < -0.4 is 5.32 Å². The fourth-order valence-electron chi connectivity index (χ4n) is 2.89. The van der Waals surface area contributed by atoms with E-state index in [1.807, 2.05) is 18.2 Å². The number of nitrogens with one attached hydrogen (secondary N) is 1. The summed E-state index contributed by atoms with van der Waals surface area (Å²) in [6, 6.07) is 12.5. The molecule has 0 heterocycles. The first-order valence-corrected chi connectivity index (χ1v) is 9.17. The van der Waals surface area contributed by atoms with E-state index in [-0.39, 0.29) is 0 Å². The predicted octanol–water partition coefficient (Wildman–Crippen LogP) is 7.41. The third kappa shape index (κ3) is 4.55. The Hall–Kier alpha value is -1.44. The fourth-order valence-corrected chi connectivity index (χ4v) is 3.20. The zero-order chi connectivity index (χ0) is 17.7. The summed E-state index contributed by atoms with van der Waals surface area (Å²) in [4.78, 5) is 0. The van der Waals surface area contributed by atoms with Crippen molar-refractivity contribution in [2.75, 3.05) is 5.32 Å². The first kappa shape index (κ1) is 18.9. The Morgan fingerprint density at radius 3 is 2.17 bits per heavy atom. The van der Waals surface area contributed by atoms with Gasteiger partial charge in [-0.05, 0) is 52.3 Å². The van der Waals surface area contributed by atoms with E-state index >= 15 is 0 Å². The van der Waals surface area contributed by atoms with Crippen LogP contribution in [0.2, 0.25) is 5.02 Å². The number of anilines is 1. The Morgan fingerprint density at radius 2 is 1.62 bits per heavy atom. The number of benzene rings is 2. The molecule has 2 aromatic rings. The maximum absolute atomic E-state index is 6.11. The number of halogens is 2. The lowest BCUT2D eigenvalue weighted by Gasteiger charge is -2.21. The number of rotatable bonds is 6. The molecule has 0 unspecified atom stereocenters. The Bertz CT molecular complexity index is 692. The van der Waals surface area contributed by atoms with Gasteiger partial charge in [0.25, 0.3) is 0 Å². The molecule has 0 aliphatic heterocycles. The lowest BCUT2D eigenvalue weighted by atomic mass is 9.92. The van der Waals surface area contributed by atoms with E-state index in [4.69, 9.17) is 23.2 Å². The van der Waals surface area contributed by atoms with Crippen molar-refractivity contribution >= 4 is 35.0 Å². The van der Waals surface area contributed by atoms with Gasteiger partial charge in [0.05, 0.1) is 0 Å². The predicted molar refractivity (Wildman–Crippen MR) is 108 cm³/mol. The number of para-hydroxylation sites is 1. The molecule has 2 aromatic carbocycles. The summed E-state index contributed by atoms with van der Waals surface area (Å²) >= 11 is 11.9. The van der Waals surface area contributed by atoms with E-state index < -0.39 is 0 Å². The average Bonchev–Trinajstić information content (AvgIpc) is 2.54. The van der Waals surface area contributed by atoms with Crippen LogP contribution in [0.4, 0.5) is 5.69 Å². The van der Waals surface area contributed by atoms with Gasteiger partial charge in [0.15, 0.2) is 0 Å². The molecular formula is C21H25Cl2N. The summed E-state index contributed by atoms with van der Waals surface area (Å²) in [5.41, 5.74) is 7.69. The number of hydrogen-bond acceptors (Lipinski definition) is 1. The molecule has 128 valence electrons. The van der Waals surface area contributed by atoms with E-state index in [0.29, 0.717) is 16.9 Å². The Labute approximate surface area is 155 Å². The molecule has 0 saturated carbocycles. The summed E-state index contributed by atoms with van der Waals surface area (Å²) in [7, 11) is 0. The van der Waals surface area contributed by atoms with E-state index in [2.05, 4.69) is 57.3 Å². The van der Waals surface area contributed by atoms with E-state index in [9.17, 15) is 0 Å². The van der Waals surface area contributed by atoms with Crippen molar-refractivity contribution in [3.63, 3.8) is 0 Å². The highest BCUT2D eigenvalue weighted by Crippen LogP contribution is 2.33. The van der Waals surface area contributed by atoms with E-state index in [1.165, 1.54) is 27.9 Å². The summed E-state index contributed by atoms with van der Waals surface area (Å²) in [5.74, 6) is 0.942. The molecule has 0 amide bonds. The van der Waals surface area contributed by atoms with Crippen LogP contribution in [0.25, 0.3) is 6.08 Å². The van der Waals surface area contributed by atoms with Crippen molar-refractivity contribution in [2.24, 2.45) is 0 Å². The molecular weight excluding hydrogens is 337 g/mol. The standard InChI is InChI=1S/C21H25Cl2N/c1-14(2)19-6-5-7-20(15(3)4)21(19)24-13-17-8-9-18(23)12-16(17)10-11-22/h5-12,14-15,24H,13H2,1-4H3/b11-10-. The molecule has 0 aliphatic carbocycles. The minimum atomic E-state index is 0.471. The van der Waals surface area contributed by atoms with Crippen LogP contribution in [0.15, 0.2) is 41.9 Å². The van der Waals surface area contributed by atoms with Gasteiger partial charge >= 0.3 is 0 Å². The second-order valence-corrected chi connectivity index (χ2v) is 7.30. The number of hydrogen-bond donors (Lipinski definition) is 1. The molecule has 1 nitrogen and oxygen atoms in total. The molecule has 24 heavy (non-hydrogen) atoms. The molecule has 2 rings (SSSR count). The largest absolute Gasteiger partial charge is 0.380 e. The van der Waals surface area contributed by atoms with Gasteiger partial charge in [-0.1, -0.05) is 75.2 Å². The molecule has 3 heteroatoms. The second-order valence-electron chi connectivity index (χ2n) is 6.61. The lowest BCUT2D eigenvalue weighted by molar-refractivity contribution is 0.832. The van der Waals surface area contributed by atoms with Crippen molar-refractivity contribution in [2.45, 2.75) is 46.1 Å². The molecule has 0 fully saturated rings. The van der Waals surface area contributed by atoms with Gasteiger partial charge in [-0.2, -0.15) is 0 Å². The van der Waals surface area contributed by atoms with E-state index in [0.717, 1.165) is 12.1 Å². The van der Waals surface area contributed by atoms with Crippen LogP contribution in [-0.2, 0) is 6.54 Å². The van der Waals surface area contributed by atoms with E-state index in [1.54, 1.807) is 0 Å². The molecule has 0 aliphatic rings. The fraction of sp³-hybridized carbons (Fsp3) is 0.333. The third-order valence-electron chi connectivity index (χ3n) is 4.18. The average molecular weight is 362 g/mol. The highest BCUT2D eigenvalue weighted by Gasteiger charge is 2.13. The van der Waals surface area contributed by atoms with Crippen LogP contribution in [-0.4, -0.2) is 0 Å². The normalized spacial score (nSPS) is 11.7. The Morgan fingerprint density at radius 1 is 1.00 bits per heavy atom. The van der Waals surface area contributed by atoms with Gasteiger partial charge < -0.3 is 5.32 Å². The van der Waals surface area contributed by atoms with Crippen molar-refractivity contribution in [1.82, 2.24) is 0 Å². The monoisotopic (exact) mass is 361 g/mol. The van der Waals surface area contributed by atoms with Crippen molar-refractivity contribution < 1.29 is 0 Å². The minimum Gasteiger partial charge on any atom is -0.380 e. The maximum Gasteiger partial charge on any atom is 0.0413 e. The Balaban J connectivity index is 2.36. The van der Waals surface area contributed by atoms with Gasteiger partial charge in [0.2, 0.25) is 0 Å². The minimum absolute atomic E-state index is 0.471. The van der Waals surface area contributed by atoms with Crippen LogP contribution in [0, 0.1) is 0 Å². The topological polar surface area (TPSA) is 12.0 Å². The first-order chi connectivity index (χ1) is 11.4. The highest BCUT2D eigenvalue weighted by atomic mass is 35.5. The third-order valence-corrected chi connectivity index (χ3v) is 4.54. The molecule has 0 saturated heterocycles. The van der Waals surface area contributed by atoms with Gasteiger partial charge in [0, 0.05) is 22.8 Å². The Kier molecular flexibility index (Phi) is 6.77. The van der Waals surface area contributed by atoms with Crippen molar-refractivity contribution in [3.8, 4) is 0 Å². The first-order valence-electron chi connectivity index (χ1n) is 8.36. The second kappa shape index (κ2) is 8.60. The summed E-state index contributed by atoms with van der Waals surface area (Å²) in [6.07, 6.45) is 1.88. The van der Waals surface area contributed by atoms with Crippen molar-refractivity contribution in [1.29, 1.82) is 0 Å². The molecule has 0 atom stereocenters. The maximum atomic E-state index is 6.11. The smallest absolute Gasteiger partial charge is 0.0413 e. The molecule has 0 spiro atoms. The van der Waals surface area contributed by atoms with Crippen molar-refractivity contribution in [3.05, 3.63) is 69.2 Å². The zero-order valence-electron chi connectivity index (χ0n) is 14.7. The van der Waals surface area contributed by atoms with Crippen LogP contribution in [0.5, 0.6) is 0 Å². The summed E-state index contributed by atoms with van der Waals surface area (Å²) in [5, 5.41) is 4.38. The SMILES string of the molecule is CC(C)c1cccc(C(C)C)c1NCc1ccc(Cl)cc1/C=C\Cl. The molecule has 0 aromatic heterocycles. The van der Waals surface area contributed by atoms with Gasteiger partial charge in [-0.15, -0.1) is 0 Å². The lowest BCUT2D eigenvalue weighted by Crippen LogP contribution is -2.08. The van der Waals surface area contributed by atoms with Crippen LogP contribution >= 0.6 is 23.2 Å². The van der Waals surface area contributed by atoms with Gasteiger partial charge in [-0.3, -0.25) is 0 Å². The molecule has 0 radical (unpaired) electrons. The zero-order valence-corrected chi connectivity index (χ0v) is 16.2. The molecule has 1 N–H and O–H groups in total. The quantitative estimate of drug-likeness (QED) is 0.564. The van der Waals surface area contributed by atoms with Gasteiger partial charge in [-0.25, -0.2) is 0 Å². The summed E-state index contributed by atoms with van der Waals surface area (Å²) < 4.78 is 0. The van der Waals surface area contributed by atoms with Crippen LogP contribution in [0.3, 0.4) is 0 Å². The van der Waals surface area contributed by atoms with Gasteiger partial charge in [0.1, 0.15) is 0 Å². The molecule has 0 bridgehead atoms.